The smallest absolute Gasteiger partial charge is 0.306 e. The molecular formula is C26H51NO5S. The molecule has 33 heavy (non-hydrogen) atoms. The molecule has 0 heterocycles. The Hall–Kier alpha value is -0.660. The highest BCUT2D eigenvalue weighted by atomic mass is 32.2. The van der Waals surface area contributed by atoms with Crippen LogP contribution >= 0.6 is 0 Å². The SMILES string of the molecule is CCCCCCCCCCCCCCCCC(=O)OC(CNC1CCCCC1)CS(=O)(=O)O. The van der Waals surface area contributed by atoms with E-state index in [0.29, 0.717) is 12.5 Å². The maximum atomic E-state index is 12.2. The van der Waals surface area contributed by atoms with Gasteiger partial charge in [-0.05, 0) is 19.3 Å². The summed E-state index contributed by atoms with van der Waals surface area (Å²) in [4.78, 5) is 12.2. The minimum atomic E-state index is -4.19. The van der Waals surface area contributed by atoms with Gasteiger partial charge in [-0.1, -0.05) is 110 Å². The lowest BCUT2D eigenvalue weighted by atomic mass is 9.95. The Morgan fingerprint density at radius 2 is 1.33 bits per heavy atom. The zero-order valence-corrected chi connectivity index (χ0v) is 22.0. The summed E-state index contributed by atoms with van der Waals surface area (Å²) in [5, 5.41) is 3.32. The van der Waals surface area contributed by atoms with Crippen LogP contribution in [-0.2, 0) is 19.6 Å². The summed E-state index contributed by atoms with van der Waals surface area (Å²) < 4.78 is 37.2. The van der Waals surface area contributed by atoms with Crippen LogP contribution < -0.4 is 5.32 Å². The molecule has 1 saturated carbocycles. The zero-order valence-electron chi connectivity index (χ0n) is 21.2. The molecule has 6 nitrogen and oxygen atoms in total. The Bertz CT molecular complexity index is 575. The van der Waals surface area contributed by atoms with E-state index in [1.54, 1.807) is 0 Å². The standard InChI is InChI=1S/C26H51NO5S/c1-2-3-4-5-6-7-8-9-10-11-12-13-14-18-21-26(28)32-25(23-33(29,30)31)22-27-24-19-16-15-17-20-24/h24-25,27H,2-23H2,1H3,(H,29,30,31). The lowest BCUT2D eigenvalue weighted by Crippen LogP contribution is -2.41. The molecule has 0 aromatic heterocycles. The fraction of sp³-hybridized carbons (Fsp3) is 0.962. The van der Waals surface area contributed by atoms with Crippen molar-refractivity contribution in [3.8, 4) is 0 Å². The molecular weight excluding hydrogens is 438 g/mol. The van der Waals surface area contributed by atoms with Crippen molar-refractivity contribution in [3.05, 3.63) is 0 Å². The van der Waals surface area contributed by atoms with Gasteiger partial charge in [0.25, 0.3) is 10.1 Å². The first-order valence-electron chi connectivity index (χ1n) is 13.8. The van der Waals surface area contributed by atoms with Crippen LogP contribution in [0.25, 0.3) is 0 Å². The van der Waals surface area contributed by atoms with Crippen LogP contribution in [0.3, 0.4) is 0 Å². The molecule has 1 fully saturated rings. The van der Waals surface area contributed by atoms with Gasteiger partial charge in [0.1, 0.15) is 11.9 Å². The number of unbranched alkanes of at least 4 members (excludes halogenated alkanes) is 13. The summed E-state index contributed by atoms with van der Waals surface area (Å²) in [6.45, 7) is 2.53. The molecule has 1 atom stereocenters. The van der Waals surface area contributed by atoms with Crippen molar-refractivity contribution < 1.29 is 22.5 Å². The molecule has 1 aliphatic rings. The number of hydrogen-bond donors (Lipinski definition) is 2. The van der Waals surface area contributed by atoms with Crippen molar-refractivity contribution in [1.82, 2.24) is 5.32 Å². The highest BCUT2D eigenvalue weighted by Crippen LogP contribution is 2.18. The van der Waals surface area contributed by atoms with Crippen LogP contribution in [0.2, 0.25) is 0 Å². The fourth-order valence-corrected chi connectivity index (χ4v) is 5.34. The number of esters is 1. The number of nitrogens with one attached hydrogen (secondary N) is 1. The highest BCUT2D eigenvalue weighted by Gasteiger charge is 2.23. The molecule has 0 radical (unpaired) electrons. The van der Waals surface area contributed by atoms with E-state index in [0.717, 1.165) is 32.1 Å². The van der Waals surface area contributed by atoms with Crippen LogP contribution in [0.4, 0.5) is 0 Å². The summed E-state index contributed by atoms with van der Waals surface area (Å²) in [5.41, 5.74) is 0. The summed E-state index contributed by atoms with van der Waals surface area (Å²) in [6.07, 6.45) is 22.8. The molecule has 1 unspecified atom stereocenters. The summed E-state index contributed by atoms with van der Waals surface area (Å²) in [6, 6.07) is 0.340. The second kappa shape index (κ2) is 19.6. The molecule has 0 aromatic rings. The molecule has 0 bridgehead atoms. The van der Waals surface area contributed by atoms with E-state index in [9.17, 15) is 17.8 Å². The van der Waals surface area contributed by atoms with Crippen molar-refractivity contribution in [1.29, 1.82) is 0 Å². The van der Waals surface area contributed by atoms with E-state index >= 15 is 0 Å². The van der Waals surface area contributed by atoms with Crippen molar-refractivity contribution in [2.24, 2.45) is 0 Å². The molecule has 7 heteroatoms. The predicted molar refractivity (Wildman–Crippen MR) is 136 cm³/mol. The topological polar surface area (TPSA) is 92.7 Å². The molecule has 0 amide bonds. The highest BCUT2D eigenvalue weighted by molar-refractivity contribution is 7.85. The Labute approximate surface area is 203 Å². The van der Waals surface area contributed by atoms with Gasteiger partial charge < -0.3 is 10.1 Å². The quantitative estimate of drug-likeness (QED) is 0.107. The molecule has 1 aliphatic carbocycles. The van der Waals surface area contributed by atoms with Gasteiger partial charge in [0.2, 0.25) is 0 Å². The van der Waals surface area contributed by atoms with E-state index in [4.69, 9.17) is 4.74 Å². The molecule has 0 saturated heterocycles. The van der Waals surface area contributed by atoms with Gasteiger partial charge in [-0.15, -0.1) is 0 Å². The van der Waals surface area contributed by atoms with Gasteiger partial charge in [-0.2, -0.15) is 8.42 Å². The summed E-state index contributed by atoms with van der Waals surface area (Å²) in [7, 11) is -4.19. The lowest BCUT2D eigenvalue weighted by molar-refractivity contribution is -0.148. The number of rotatable bonds is 21. The molecule has 1 rings (SSSR count). The number of carbonyl (C=O) groups excluding carboxylic acids is 1. The minimum absolute atomic E-state index is 0.273. The van der Waals surface area contributed by atoms with Gasteiger partial charge in [0, 0.05) is 19.0 Å². The Morgan fingerprint density at radius 3 is 1.82 bits per heavy atom. The van der Waals surface area contributed by atoms with Crippen molar-refractivity contribution in [3.63, 3.8) is 0 Å². The normalized spacial score (nSPS) is 16.1. The van der Waals surface area contributed by atoms with Crippen molar-refractivity contribution in [2.45, 2.75) is 147 Å². The summed E-state index contributed by atoms with van der Waals surface area (Å²) >= 11 is 0. The van der Waals surface area contributed by atoms with Crippen LogP contribution in [0.1, 0.15) is 135 Å². The van der Waals surface area contributed by atoms with Gasteiger partial charge in [0.05, 0.1) is 0 Å². The zero-order chi connectivity index (χ0) is 24.2. The van der Waals surface area contributed by atoms with E-state index in [2.05, 4.69) is 12.2 Å². The minimum Gasteiger partial charge on any atom is -0.460 e. The van der Waals surface area contributed by atoms with Crippen molar-refractivity contribution in [2.75, 3.05) is 12.3 Å². The average Bonchev–Trinajstić information content (AvgIpc) is 2.77. The first-order chi connectivity index (χ1) is 15.9. The van der Waals surface area contributed by atoms with E-state index < -0.39 is 22.0 Å². The molecule has 0 aromatic carbocycles. The second-order valence-corrected chi connectivity index (χ2v) is 11.4. The van der Waals surface area contributed by atoms with E-state index in [1.165, 1.54) is 89.9 Å². The number of carbonyl (C=O) groups is 1. The summed E-state index contributed by atoms with van der Waals surface area (Å²) in [5.74, 6) is -0.912. The number of ether oxygens (including phenoxy) is 1. The first-order valence-corrected chi connectivity index (χ1v) is 15.4. The Morgan fingerprint density at radius 1 is 0.848 bits per heavy atom. The van der Waals surface area contributed by atoms with Crippen LogP contribution in [0.5, 0.6) is 0 Å². The van der Waals surface area contributed by atoms with Gasteiger partial charge in [0.15, 0.2) is 0 Å². The van der Waals surface area contributed by atoms with E-state index in [1.807, 2.05) is 0 Å². The van der Waals surface area contributed by atoms with Crippen molar-refractivity contribution >= 4 is 16.1 Å². The van der Waals surface area contributed by atoms with Gasteiger partial charge in [-0.25, -0.2) is 0 Å². The van der Waals surface area contributed by atoms with Crippen LogP contribution in [0, 0.1) is 0 Å². The predicted octanol–water partition coefficient (Wildman–Crippen LogP) is 6.58. The fourth-order valence-electron chi connectivity index (χ4n) is 4.68. The Kier molecular flexibility index (Phi) is 18.1. The first kappa shape index (κ1) is 30.4. The van der Waals surface area contributed by atoms with Gasteiger partial charge in [-0.3, -0.25) is 9.35 Å². The Balaban J connectivity index is 2.04. The number of hydrogen-bond acceptors (Lipinski definition) is 5. The maximum Gasteiger partial charge on any atom is 0.306 e. The maximum absolute atomic E-state index is 12.2. The lowest BCUT2D eigenvalue weighted by Gasteiger charge is -2.25. The average molecular weight is 490 g/mol. The molecule has 196 valence electrons. The molecule has 2 N–H and O–H groups in total. The third-order valence-electron chi connectivity index (χ3n) is 6.67. The molecule has 0 spiro atoms. The third kappa shape index (κ3) is 19.3. The van der Waals surface area contributed by atoms with Gasteiger partial charge >= 0.3 is 5.97 Å². The molecule has 0 aliphatic heterocycles. The third-order valence-corrected chi connectivity index (χ3v) is 7.46. The second-order valence-electron chi connectivity index (χ2n) is 9.95. The van der Waals surface area contributed by atoms with Crippen LogP contribution in [-0.4, -0.2) is 43.4 Å². The van der Waals surface area contributed by atoms with Crippen LogP contribution in [0.15, 0.2) is 0 Å². The largest absolute Gasteiger partial charge is 0.460 e. The monoisotopic (exact) mass is 489 g/mol. The van der Waals surface area contributed by atoms with E-state index in [-0.39, 0.29) is 12.5 Å².